The zero-order chi connectivity index (χ0) is 12.5. The number of hydrazine groups is 1. The van der Waals surface area contributed by atoms with Crippen LogP contribution < -0.4 is 11.3 Å². The number of aryl methyl sites for hydroxylation is 2. The molecule has 5 heteroatoms. The minimum Gasteiger partial charge on any atom is -0.374 e. The van der Waals surface area contributed by atoms with Crippen molar-refractivity contribution >= 4 is 0 Å². The van der Waals surface area contributed by atoms with Crippen LogP contribution in [0, 0.1) is 6.92 Å². The van der Waals surface area contributed by atoms with Gasteiger partial charge >= 0.3 is 0 Å². The summed E-state index contributed by atoms with van der Waals surface area (Å²) in [6.07, 6.45) is 3.00. The standard InChI is InChI=1S/C12H22N4O/c1-9-7-10(16(3)15-9)8-11(14-13)12(2)5-4-6-17-12/h7,11,14H,4-6,8,13H2,1-3H3. The molecule has 2 heterocycles. The fraction of sp³-hybridized carbons (Fsp3) is 0.750. The fourth-order valence-corrected chi connectivity index (χ4v) is 2.59. The van der Waals surface area contributed by atoms with Crippen molar-refractivity contribution in [3.05, 3.63) is 17.5 Å². The molecule has 1 saturated heterocycles. The fourth-order valence-electron chi connectivity index (χ4n) is 2.59. The molecule has 0 radical (unpaired) electrons. The van der Waals surface area contributed by atoms with E-state index in [1.54, 1.807) is 0 Å². The minimum atomic E-state index is -0.160. The van der Waals surface area contributed by atoms with Gasteiger partial charge in [0, 0.05) is 25.8 Å². The third-order valence-electron chi connectivity index (χ3n) is 3.70. The maximum Gasteiger partial charge on any atom is 0.0824 e. The van der Waals surface area contributed by atoms with E-state index in [0.717, 1.165) is 31.6 Å². The predicted octanol–water partition coefficient (Wildman–Crippen LogP) is 0.672. The van der Waals surface area contributed by atoms with Crippen molar-refractivity contribution in [3.63, 3.8) is 0 Å². The highest BCUT2D eigenvalue weighted by Gasteiger charge is 2.38. The molecule has 96 valence electrons. The number of rotatable bonds is 4. The number of hydrogen-bond acceptors (Lipinski definition) is 4. The van der Waals surface area contributed by atoms with Crippen LogP contribution in [0.3, 0.4) is 0 Å². The molecule has 1 aliphatic rings. The van der Waals surface area contributed by atoms with Crippen LogP contribution in [-0.4, -0.2) is 28.0 Å². The van der Waals surface area contributed by atoms with E-state index in [9.17, 15) is 0 Å². The van der Waals surface area contributed by atoms with E-state index in [-0.39, 0.29) is 11.6 Å². The molecule has 3 N–H and O–H groups in total. The summed E-state index contributed by atoms with van der Waals surface area (Å²) in [5.41, 5.74) is 4.96. The second kappa shape index (κ2) is 4.76. The summed E-state index contributed by atoms with van der Waals surface area (Å²) in [6, 6.07) is 2.22. The van der Waals surface area contributed by atoms with Crippen molar-refractivity contribution < 1.29 is 4.74 Å². The number of nitrogens with zero attached hydrogens (tertiary/aromatic N) is 2. The van der Waals surface area contributed by atoms with E-state index in [0.29, 0.717) is 0 Å². The molecule has 1 fully saturated rings. The number of ether oxygens (including phenoxy) is 1. The minimum absolute atomic E-state index is 0.125. The zero-order valence-corrected chi connectivity index (χ0v) is 10.9. The van der Waals surface area contributed by atoms with Gasteiger partial charge in [-0.15, -0.1) is 0 Å². The first-order valence-corrected chi connectivity index (χ1v) is 6.15. The molecule has 0 amide bonds. The second-order valence-electron chi connectivity index (χ2n) is 5.09. The average molecular weight is 238 g/mol. The van der Waals surface area contributed by atoms with E-state index < -0.39 is 0 Å². The maximum absolute atomic E-state index is 5.84. The average Bonchev–Trinajstić information content (AvgIpc) is 2.83. The van der Waals surface area contributed by atoms with Crippen molar-refractivity contribution in [2.75, 3.05) is 6.61 Å². The van der Waals surface area contributed by atoms with Crippen molar-refractivity contribution in [2.24, 2.45) is 12.9 Å². The lowest BCUT2D eigenvalue weighted by Gasteiger charge is -2.32. The molecule has 0 spiro atoms. The highest BCUT2D eigenvalue weighted by molar-refractivity contribution is 5.12. The summed E-state index contributed by atoms with van der Waals surface area (Å²) < 4.78 is 7.75. The largest absolute Gasteiger partial charge is 0.374 e. The van der Waals surface area contributed by atoms with E-state index in [1.165, 1.54) is 5.69 Å². The highest BCUT2D eigenvalue weighted by atomic mass is 16.5. The first-order chi connectivity index (χ1) is 8.05. The Morgan fingerprint density at radius 2 is 2.47 bits per heavy atom. The molecule has 2 rings (SSSR count). The molecule has 5 nitrogen and oxygen atoms in total. The third-order valence-corrected chi connectivity index (χ3v) is 3.70. The van der Waals surface area contributed by atoms with Gasteiger partial charge in [-0.05, 0) is 32.8 Å². The van der Waals surface area contributed by atoms with Crippen LogP contribution in [-0.2, 0) is 18.2 Å². The van der Waals surface area contributed by atoms with Gasteiger partial charge in [0.2, 0.25) is 0 Å². The van der Waals surface area contributed by atoms with Gasteiger partial charge in [0.05, 0.1) is 17.3 Å². The normalized spacial score (nSPS) is 26.4. The summed E-state index contributed by atoms with van der Waals surface area (Å²) in [7, 11) is 1.97. The lowest BCUT2D eigenvalue weighted by molar-refractivity contribution is -0.0119. The van der Waals surface area contributed by atoms with Crippen molar-refractivity contribution in [1.82, 2.24) is 15.2 Å². The van der Waals surface area contributed by atoms with Crippen LogP contribution in [0.25, 0.3) is 0 Å². The number of aromatic nitrogens is 2. The molecule has 0 aromatic carbocycles. The SMILES string of the molecule is Cc1cc(CC(NN)C2(C)CCCO2)n(C)n1. The Bertz CT molecular complexity index is 382. The highest BCUT2D eigenvalue weighted by Crippen LogP contribution is 2.30. The van der Waals surface area contributed by atoms with Crippen LogP contribution in [0.2, 0.25) is 0 Å². The van der Waals surface area contributed by atoms with Gasteiger partial charge in [0.1, 0.15) is 0 Å². The monoisotopic (exact) mass is 238 g/mol. The van der Waals surface area contributed by atoms with Crippen molar-refractivity contribution in [2.45, 2.75) is 44.8 Å². The Kier molecular flexibility index (Phi) is 3.51. The molecular weight excluding hydrogens is 216 g/mol. The number of nitrogens with two attached hydrogens (primary N) is 1. The first-order valence-electron chi connectivity index (χ1n) is 6.15. The summed E-state index contributed by atoms with van der Waals surface area (Å²) in [6.45, 7) is 4.97. The molecule has 0 saturated carbocycles. The van der Waals surface area contributed by atoms with E-state index >= 15 is 0 Å². The van der Waals surface area contributed by atoms with Gasteiger partial charge in [0.25, 0.3) is 0 Å². The molecule has 17 heavy (non-hydrogen) atoms. The molecule has 1 aromatic rings. The van der Waals surface area contributed by atoms with Gasteiger partial charge in [-0.25, -0.2) is 0 Å². The smallest absolute Gasteiger partial charge is 0.0824 e. The van der Waals surface area contributed by atoms with E-state index in [1.807, 2.05) is 18.7 Å². The Balaban J connectivity index is 2.12. The third kappa shape index (κ3) is 2.51. The molecule has 1 aliphatic heterocycles. The predicted molar refractivity (Wildman–Crippen MR) is 66.4 cm³/mol. The lowest BCUT2D eigenvalue weighted by Crippen LogP contribution is -2.52. The summed E-state index contributed by atoms with van der Waals surface area (Å²) in [5, 5.41) is 4.36. The Morgan fingerprint density at radius 3 is 2.94 bits per heavy atom. The van der Waals surface area contributed by atoms with Gasteiger partial charge < -0.3 is 4.74 Å². The summed E-state index contributed by atoms with van der Waals surface area (Å²) >= 11 is 0. The molecule has 1 aromatic heterocycles. The van der Waals surface area contributed by atoms with Gasteiger partial charge in [-0.2, -0.15) is 5.10 Å². The number of hydrogen-bond donors (Lipinski definition) is 2. The Morgan fingerprint density at radius 1 is 1.71 bits per heavy atom. The molecular formula is C12H22N4O. The van der Waals surface area contributed by atoms with Crippen LogP contribution in [0.4, 0.5) is 0 Å². The summed E-state index contributed by atoms with van der Waals surface area (Å²) in [4.78, 5) is 0. The first kappa shape index (κ1) is 12.5. The van der Waals surface area contributed by atoms with Gasteiger partial charge in [-0.1, -0.05) is 0 Å². The van der Waals surface area contributed by atoms with Crippen LogP contribution in [0.15, 0.2) is 6.07 Å². The molecule has 2 unspecified atom stereocenters. The van der Waals surface area contributed by atoms with Crippen molar-refractivity contribution in [3.8, 4) is 0 Å². The Labute approximate surface area is 102 Å². The second-order valence-corrected chi connectivity index (χ2v) is 5.09. The summed E-state index contributed by atoms with van der Waals surface area (Å²) in [5.74, 6) is 5.68. The van der Waals surface area contributed by atoms with E-state index in [2.05, 4.69) is 23.5 Å². The Hall–Kier alpha value is -0.910. The zero-order valence-electron chi connectivity index (χ0n) is 10.9. The molecule has 0 aliphatic carbocycles. The quantitative estimate of drug-likeness (QED) is 0.598. The van der Waals surface area contributed by atoms with Crippen LogP contribution in [0.5, 0.6) is 0 Å². The molecule has 0 bridgehead atoms. The van der Waals surface area contributed by atoms with E-state index in [4.69, 9.17) is 10.6 Å². The van der Waals surface area contributed by atoms with Crippen LogP contribution in [0.1, 0.15) is 31.2 Å². The van der Waals surface area contributed by atoms with Gasteiger partial charge in [-0.3, -0.25) is 16.0 Å². The topological polar surface area (TPSA) is 65.1 Å². The van der Waals surface area contributed by atoms with Gasteiger partial charge in [0.15, 0.2) is 0 Å². The maximum atomic E-state index is 5.84. The lowest BCUT2D eigenvalue weighted by atomic mass is 9.90. The van der Waals surface area contributed by atoms with Crippen molar-refractivity contribution in [1.29, 1.82) is 0 Å². The number of nitrogens with one attached hydrogen (secondary N) is 1. The molecule has 2 atom stereocenters. The van der Waals surface area contributed by atoms with Crippen LogP contribution >= 0.6 is 0 Å².